The molecule has 0 amide bonds. The summed E-state index contributed by atoms with van der Waals surface area (Å²) in [7, 11) is -3.04. The van der Waals surface area contributed by atoms with Crippen molar-refractivity contribution in [1.29, 1.82) is 0 Å². The van der Waals surface area contributed by atoms with Crippen molar-refractivity contribution in [2.45, 2.75) is 25.6 Å². The molecule has 0 radical (unpaired) electrons. The fraction of sp³-hybridized carbons (Fsp3) is 0.385. The maximum atomic E-state index is 11.5. The van der Waals surface area contributed by atoms with E-state index in [0.29, 0.717) is 5.02 Å². The second kappa shape index (κ2) is 4.59. The first kappa shape index (κ1) is 13.4. The Kier molecular flexibility index (Phi) is 3.43. The Balaban J connectivity index is 2.69. The molecule has 2 aromatic rings. The van der Waals surface area contributed by atoms with Crippen molar-refractivity contribution in [3.8, 4) is 0 Å². The quantitative estimate of drug-likeness (QED) is 0.867. The molecule has 18 heavy (non-hydrogen) atoms. The SMILES string of the molecule is CC(C)n1c(CS(C)(=O)=O)cc2ccc(Cl)cc21. The minimum absolute atomic E-state index is 0.0531. The lowest BCUT2D eigenvalue weighted by atomic mass is 10.2. The van der Waals surface area contributed by atoms with Crippen molar-refractivity contribution in [3.05, 3.63) is 35.0 Å². The van der Waals surface area contributed by atoms with Gasteiger partial charge in [0.2, 0.25) is 0 Å². The van der Waals surface area contributed by atoms with Gasteiger partial charge in [-0.3, -0.25) is 0 Å². The zero-order valence-electron chi connectivity index (χ0n) is 10.6. The number of aromatic nitrogens is 1. The van der Waals surface area contributed by atoms with E-state index in [-0.39, 0.29) is 11.8 Å². The third-order valence-electron chi connectivity index (χ3n) is 2.81. The van der Waals surface area contributed by atoms with Gasteiger partial charge in [-0.2, -0.15) is 0 Å². The molecule has 5 heteroatoms. The third-order valence-corrected chi connectivity index (χ3v) is 3.87. The van der Waals surface area contributed by atoms with Gasteiger partial charge in [-0.1, -0.05) is 17.7 Å². The van der Waals surface area contributed by atoms with Crippen LogP contribution < -0.4 is 0 Å². The highest BCUT2D eigenvalue weighted by molar-refractivity contribution is 7.89. The molecule has 0 N–H and O–H groups in total. The Morgan fingerprint density at radius 1 is 1.28 bits per heavy atom. The van der Waals surface area contributed by atoms with Crippen LogP contribution >= 0.6 is 11.6 Å². The van der Waals surface area contributed by atoms with Gasteiger partial charge in [0.05, 0.1) is 5.75 Å². The van der Waals surface area contributed by atoms with Gasteiger partial charge < -0.3 is 4.57 Å². The highest BCUT2D eigenvalue weighted by Gasteiger charge is 2.15. The predicted octanol–water partition coefficient (Wildman–Crippen LogP) is 3.42. The van der Waals surface area contributed by atoms with E-state index < -0.39 is 9.84 Å². The molecule has 0 saturated carbocycles. The summed E-state index contributed by atoms with van der Waals surface area (Å²) in [5.41, 5.74) is 1.79. The Labute approximate surface area is 112 Å². The smallest absolute Gasteiger partial charge is 0.153 e. The average molecular weight is 286 g/mol. The van der Waals surface area contributed by atoms with Crippen LogP contribution in [0.2, 0.25) is 5.02 Å². The topological polar surface area (TPSA) is 39.1 Å². The number of sulfone groups is 1. The van der Waals surface area contributed by atoms with E-state index in [1.54, 1.807) is 0 Å². The molecular formula is C13H16ClNO2S. The van der Waals surface area contributed by atoms with Gasteiger partial charge >= 0.3 is 0 Å². The van der Waals surface area contributed by atoms with Gasteiger partial charge in [0.1, 0.15) is 0 Å². The molecule has 0 unspecified atom stereocenters. The number of halogens is 1. The summed E-state index contributed by atoms with van der Waals surface area (Å²) < 4.78 is 25.0. The van der Waals surface area contributed by atoms with E-state index in [9.17, 15) is 8.42 Å². The first-order valence-electron chi connectivity index (χ1n) is 5.75. The fourth-order valence-corrected chi connectivity index (χ4v) is 3.17. The van der Waals surface area contributed by atoms with E-state index in [1.165, 1.54) is 6.26 Å². The standard InChI is InChI=1S/C13H16ClNO2S/c1-9(2)15-12(8-18(3,16)17)6-10-4-5-11(14)7-13(10)15/h4-7,9H,8H2,1-3H3. The molecule has 3 nitrogen and oxygen atoms in total. The normalized spacial score (nSPS) is 12.5. The first-order chi connectivity index (χ1) is 8.28. The van der Waals surface area contributed by atoms with Crippen LogP contribution in [0.5, 0.6) is 0 Å². The van der Waals surface area contributed by atoms with Crippen LogP contribution in [0.25, 0.3) is 10.9 Å². The lowest BCUT2D eigenvalue weighted by Crippen LogP contribution is -2.09. The lowest BCUT2D eigenvalue weighted by Gasteiger charge is -2.14. The van der Waals surface area contributed by atoms with Gasteiger partial charge in [-0.05, 0) is 32.0 Å². The Hall–Kier alpha value is -1.00. The summed E-state index contributed by atoms with van der Waals surface area (Å²) >= 11 is 6.01. The maximum absolute atomic E-state index is 11.5. The molecule has 0 bridgehead atoms. The molecule has 0 fully saturated rings. The number of rotatable bonds is 3. The van der Waals surface area contributed by atoms with Crippen molar-refractivity contribution in [3.63, 3.8) is 0 Å². The molecule has 0 saturated heterocycles. The van der Waals surface area contributed by atoms with Gasteiger partial charge in [-0.25, -0.2) is 8.42 Å². The zero-order chi connectivity index (χ0) is 13.5. The zero-order valence-corrected chi connectivity index (χ0v) is 12.2. The molecule has 0 spiro atoms. The summed E-state index contributed by atoms with van der Waals surface area (Å²) in [4.78, 5) is 0. The minimum atomic E-state index is -3.04. The second-order valence-electron chi connectivity index (χ2n) is 4.87. The van der Waals surface area contributed by atoms with E-state index >= 15 is 0 Å². The van der Waals surface area contributed by atoms with E-state index in [4.69, 9.17) is 11.6 Å². The summed E-state index contributed by atoms with van der Waals surface area (Å²) in [5.74, 6) is 0.0531. The van der Waals surface area contributed by atoms with Crippen LogP contribution in [0.3, 0.4) is 0 Å². The van der Waals surface area contributed by atoms with Gasteiger partial charge in [0.25, 0.3) is 0 Å². The van der Waals surface area contributed by atoms with Crippen molar-refractivity contribution in [2.75, 3.05) is 6.26 Å². The van der Waals surface area contributed by atoms with Crippen molar-refractivity contribution in [2.24, 2.45) is 0 Å². The van der Waals surface area contributed by atoms with Gasteiger partial charge in [-0.15, -0.1) is 0 Å². The molecule has 0 aliphatic rings. The first-order valence-corrected chi connectivity index (χ1v) is 8.19. The predicted molar refractivity (Wildman–Crippen MR) is 75.9 cm³/mol. The van der Waals surface area contributed by atoms with Crippen LogP contribution in [0.1, 0.15) is 25.6 Å². The third kappa shape index (κ3) is 2.70. The summed E-state index contributed by atoms with van der Waals surface area (Å²) in [6, 6.07) is 7.73. The van der Waals surface area contributed by atoms with Gasteiger partial charge in [0.15, 0.2) is 9.84 Å². The molecule has 98 valence electrons. The minimum Gasteiger partial charge on any atom is -0.341 e. The molecule has 0 aliphatic heterocycles. The Morgan fingerprint density at radius 3 is 2.50 bits per heavy atom. The van der Waals surface area contributed by atoms with Crippen molar-refractivity contribution >= 4 is 32.3 Å². The maximum Gasteiger partial charge on any atom is 0.153 e. The van der Waals surface area contributed by atoms with Crippen LogP contribution in [0, 0.1) is 0 Å². The number of nitrogens with zero attached hydrogens (tertiary/aromatic N) is 1. The molecule has 0 atom stereocenters. The molecule has 1 heterocycles. The Bertz CT molecular complexity index is 686. The molecule has 0 aliphatic carbocycles. The number of hydrogen-bond donors (Lipinski definition) is 0. The van der Waals surface area contributed by atoms with Crippen LogP contribution in [0.4, 0.5) is 0 Å². The van der Waals surface area contributed by atoms with Crippen LogP contribution in [0.15, 0.2) is 24.3 Å². The average Bonchev–Trinajstić information content (AvgIpc) is 2.51. The molecule has 1 aromatic heterocycles. The summed E-state index contributed by atoms with van der Waals surface area (Å²) in [6.07, 6.45) is 1.25. The fourth-order valence-electron chi connectivity index (χ4n) is 2.24. The van der Waals surface area contributed by atoms with E-state index in [2.05, 4.69) is 0 Å². The van der Waals surface area contributed by atoms with Crippen LogP contribution in [-0.2, 0) is 15.6 Å². The second-order valence-corrected chi connectivity index (χ2v) is 7.45. The lowest BCUT2D eigenvalue weighted by molar-refractivity contribution is 0.585. The number of benzene rings is 1. The van der Waals surface area contributed by atoms with Crippen LogP contribution in [-0.4, -0.2) is 19.2 Å². The highest BCUT2D eigenvalue weighted by atomic mass is 35.5. The highest BCUT2D eigenvalue weighted by Crippen LogP contribution is 2.27. The Morgan fingerprint density at radius 2 is 1.94 bits per heavy atom. The summed E-state index contributed by atoms with van der Waals surface area (Å²) in [5, 5.41) is 1.68. The van der Waals surface area contributed by atoms with E-state index in [1.807, 2.05) is 42.7 Å². The summed E-state index contributed by atoms with van der Waals surface area (Å²) in [6.45, 7) is 4.07. The number of hydrogen-bond acceptors (Lipinski definition) is 2. The van der Waals surface area contributed by atoms with Gasteiger partial charge in [0, 0.05) is 33.9 Å². The molecule has 1 aromatic carbocycles. The van der Waals surface area contributed by atoms with E-state index in [0.717, 1.165) is 16.6 Å². The largest absolute Gasteiger partial charge is 0.341 e. The number of fused-ring (bicyclic) bond motifs is 1. The monoisotopic (exact) mass is 285 g/mol. The van der Waals surface area contributed by atoms with Crippen molar-refractivity contribution in [1.82, 2.24) is 4.57 Å². The molecule has 2 rings (SSSR count). The molecular weight excluding hydrogens is 270 g/mol. The van der Waals surface area contributed by atoms with Crippen molar-refractivity contribution < 1.29 is 8.42 Å².